The fourth-order valence-electron chi connectivity index (χ4n) is 3.80. The lowest BCUT2D eigenvalue weighted by atomic mass is 10.2. The lowest BCUT2D eigenvalue weighted by Crippen LogP contribution is -2.38. The van der Waals surface area contributed by atoms with Crippen LogP contribution in [0.1, 0.15) is 11.1 Å². The lowest BCUT2D eigenvalue weighted by Gasteiger charge is -2.25. The number of anilines is 2. The largest absolute Gasteiger partial charge is 0.495 e. The van der Waals surface area contributed by atoms with Gasteiger partial charge < -0.3 is 10.1 Å². The predicted molar refractivity (Wildman–Crippen MR) is 149 cm³/mol. The third-order valence-electron chi connectivity index (χ3n) is 5.60. The van der Waals surface area contributed by atoms with Crippen LogP contribution in [0.15, 0.2) is 112 Å². The van der Waals surface area contributed by atoms with Crippen molar-refractivity contribution in [1.29, 1.82) is 0 Å². The maximum atomic E-state index is 13.9. The Morgan fingerprint density at radius 3 is 2.30 bits per heavy atom. The number of benzene rings is 4. The molecule has 0 heterocycles. The van der Waals surface area contributed by atoms with Crippen molar-refractivity contribution in [3.63, 3.8) is 0 Å². The molecule has 4 aromatic rings. The van der Waals surface area contributed by atoms with Crippen LogP contribution in [0.4, 0.5) is 11.4 Å². The Kier molecular flexibility index (Phi) is 8.21. The van der Waals surface area contributed by atoms with Gasteiger partial charge in [-0.05, 0) is 73.5 Å². The zero-order chi connectivity index (χ0) is 26.4. The molecular weight excluding hydrogens is 504 g/mol. The molecule has 0 fully saturated rings. The molecule has 0 aliphatic heterocycles. The SMILES string of the molecule is COc1ccc(C)cc1S(=O)(=O)N(CC(=O)Nc1ccccc1Sc1ccccc1)c1cccc(C)c1. The highest BCUT2D eigenvalue weighted by atomic mass is 32.2. The molecule has 4 aromatic carbocycles. The van der Waals surface area contributed by atoms with Crippen LogP contribution in [-0.2, 0) is 14.8 Å². The number of methoxy groups -OCH3 is 1. The van der Waals surface area contributed by atoms with E-state index in [9.17, 15) is 13.2 Å². The summed E-state index contributed by atoms with van der Waals surface area (Å²) >= 11 is 1.52. The van der Waals surface area contributed by atoms with Crippen molar-refractivity contribution >= 4 is 39.1 Å². The second kappa shape index (κ2) is 11.5. The quantitative estimate of drug-likeness (QED) is 0.274. The fraction of sp³-hybridized carbons (Fsp3) is 0.138. The molecule has 0 bridgehead atoms. The van der Waals surface area contributed by atoms with E-state index < -0.39 is 22.5 Å². The first-order chi connectivity index (χ1) is 17.8. The first kappa shape index (κ1) is 26.3. The van der Waals surface area contributed by atoms with Gasteiger partial charge in [-0.25, -0.2) is 8.42 Å². The van der Waals surface area contributed by atoms with Gasteiger partial charge in [-0.15, -0.1) is 0 Å². The highest BCUT2D eigenvalue weighted by Gasteiger charge is 2.30. The van der Waals surface area contributed by atoms with E-state index in [4.69, 9.17) is 4.74 Å². The van der Waals surface area contributed by atoms with E-state index in [2.05, 4.69) is 5.32 Å². The summed E-state index contributed by atoms with van der Waals surface area (Å²) in [4.78, 5) is 15.2. The molecule has 0 radical (unpaired) electrons. The summed E-state index contributed by atoms with van der Waals surface area (Å²) in [5.41, 5.74) is 2.64. The highest BCUT2D eigenvalue weighted by molar-refractivity contribution is 7.99. The van der Waals surface area contributed by atoms with Gasteiger partial charge in [-0.1, -0.05) is 60.3 Å². The van der Waals surface area contributed by atoms with Gasteiger partial charge in [0.25, 0.3) is 10.0 Å². The Morgan fingerprint density at radius 1 is 0.865 bits per heavy atom. The minimum atomic E-state index is -4.14. The number of aryl methyl sites for hydroxylation is 2. The van der Waals surface area contributed by atoms with Crippen molar-refractivity contribution in [3.05, 3.63) is 108 Å². The average Bonchev–Trinajstić information content (AvgIpc) is 2.89. The van der Waals surface area contributed by atoms with Crippen LogP contribution in [0.5, 0.6) is 5.75 Å². The smallest absolute Gasteiger partial charge is 0.268 e. The molecule has 190 valence electrons. The van der Waals surface area contributed by atoms with Gasteiger partial charge in [0, 0.05) is 9.79 Å². The van der Waals surface area contributed by atoms with Crippen LogP contribution in [0, 0.1) is 13.8 Å². The molecular formula is C29H28N2O4S2. The summed E-state index contributed by atoms with van der Waals surface area (Å²) in [7, 11) is -2.71. The monoisotopic (exact) mass is 532 g/mol. The van der Waals surface area contributed by atoms with Crippen molar-refractivity contribution < 1.29 is 17.9 Å². The van der Waals surface area contributed by atoms with Gasteiger partial charge in [0.2, 0.25) is 5.91 Å². The molecule has 0 aliphatic rings. The van der Waals surface area contributed by atoms with E-state index >= 15 is 0 Å². The number of hydrogen-bond donors (Lipinski definition) is 1. The molecule has 0 atom stereocenters. The average molecular weight is 533 g/mol. The zero-order valence-corrected chi connectivity index (χ0v) is 22.5. The molecule has 4 rings (SSSR count). The summed E-state index contributed by atoms with van der Waals surface area (Å²) in [6, 6.07) is 29.3. The molecule has 0 aliphatic carbocycles. The standard InChI is InChI=1S/C29H28N2O4S2/c1-21-10-9-11-23(18-21)31(37(33,34)28-19-22(2)16-17-26(28)35-3)20-29(32)30-25-14-7-8-15-27(25)36-24-12-5-4-6-13-24/h4-19H,20H2,1-3H3,(H,30,32). The highest BCUT2D eigenvalue weighted by Crippen LogP contribution is 2.34. The van der Waals surface area contributed by atoms with Crippen molar-refractivity contribution in [3.8, 4) is 5.75 Å². The molecule has 0 saturated carbocycles. The van der Waals surface area contributed by atoms with E-state index in [-0.39, 0.29) is 10.6 Å². The number of rotatable bonds is 9. The number of nitrogens with zero attached hydrogens (tertiary/aromatic N) is 1. The first-order valence-corrected chi connectivity index (χ1v) is 13.9. The topological polar surface area (TPSA) is 75.7 Å². The fourth-order valence-corrected chi connectivity index (χ4v) is 6.38. The number of hydrogen-bond acceptors (Lipinski definition) is 5. The number of amides is 1. The molecule has 0 unspecified atom stereocenters. The van der Waals surface area contributed by atoms with Gasteiger partial charge in [-0.2, -0.15) is 0 Å². The van der Waals surface area contributed by atoms with Crippen molar-refractivity contribution in [2.45, 2.75) is 28.5 Å². The maximum Gasteiger partial charge on any atom is 0.268 e. The van der Waals surface area contributed by atoms with Crippen molar-refractivity contribution in [2.24, 2.45) is 0 Å². The van der Waals surface area contributed by atoms with Gasteiger partial charge in [0.1, 0.15) is 17.2 Å². The second-order valence-corrected chi connectivity index (χ2v) is 11.4. The van der Waals surface area contributed by atoms with Gasteiger partial charge in [-0.3, -0.25) is 9.10 Å². The summed E-state index contributed by atoms with van der Waals surface area (Å²) in [6.45, 7) is 3.27. The molecule has 1 amide bonds. The molecule has 6 nitrogen and oxygen atoms in total. The van der Waals surface area contributed by atoms with E-state index in [0.717, 1.165) is 25.2 Å². The van der Waals surface area contributed by atoms with Crippen molar-refractivity contribution in [2.75, 3.05) is 23.3 Å². The van der Waals surface area contributed by atoms with Crippen LogP contribution in [0.2, 0.25) is 0 Å². The lowest BCUT2D eigenvalue weighted by molar-refractivity contribution is -0.114. The Morgan fingerprint density at radius 2 is 1.57 bits per heavy atom. The second-order valence-electron chi connectivity index (χ2n) is 8.46. The van der Waals surface area contributed by atoms with Gasteiger partial charge >= 0.3 is 0 Å². The third-order valence-corrected chi connectivity index (χ3v) is 8.48. The molecule has 0 aromatic heterocycles. The minimum Gasteiger partial charge on any atom is -0.495 e. The number of carbonyl (C=O) groups excluding carboxylic acids is 1. The Labute approximate surface area is 222 Å². The molecule has 0 saturated heterocycles. The Hall–Kier alpha value is -3.75. The van der Waals surface area contributed by atoms with E-state index in [1.165, 1.54) is 18.9 Å². The predicted octanol–water partition coefficient (Wildman–Crippen LogP) is 6.30. The summed E-state index contributed by atoms with van der Waals surface area (Å²) in [5.74, 6) is -0.244. The van der Waals surface area contributed by atoms with E-state index in [1.54, 1.807) is 42.5 Å². The van der Waals surface area contributed by atoms with Gasteiger partial charge in [0.15, 0.2) is 0 Å². The summed E-state index contributed by atoms with van der Waals surface area (Å²) < 4.78 is 34.4. The molecule has 37 heavy (non-hydrogen) atoms. The van der Waals surface area contributed by atoms with Gasteiger partial charge in [0.05, 0.1) is 18.5 Å². The number of nitrogens with one attached hydrogen (secondary N) is 1. The summed E-state index contributed by atoms with van der Waals surface area (Å²) in [6.07, 6.45) is 0. The van der Waals surface area contributed by atoms with Crippen LogP contribution in [0.25, 0.3) is 0 Å². The number of sulfonamides is 1. The van der Waals surface area contributed by atoms with Crippen LogP contribution < -0.4 is 14.4 Å². The molecule has 8 heteroatoms. The third kappa shape index (κ3) is 6.34. The van der Waals surface area contributed by atoms with Crippen LogP contribution in [-0.4, -0.2) is 28.0 Å². The first-order valence-electron chi connectivity index (χ1n) is 11.6. The van der Waals surface area contributed by atoms with Crippen LogP contribution >= 0.6 is 11.8 Å². The number of ether oxygens (including phenoxy) is 1. The van der Waals surface area contributed by atoms with E-state index in [0.29, 0.717) is 11.4 Å². The van der Waals surface area contributed by atoms with E-state index in [1.807, 2.05) is 68.4 Å². The maximum absolute atomic E-state index is 13.9. The van der Waals surface area contributed by atoms with Crippen LogP contribution in [0.3, 0.4) is 0 Å². The Bertz CT molecular complexity index is 1510. The summed E-state index contributed by atoms with van der Waals surface area (Å²) in [5, 5.41) is 2.91. The number of carbonyl (C=O) groups is 1. The zero-order valence-electron chi connectivity index (χ0n) is 20.8. The molecule has 0 spiro atoms. The number of para-hydroxylation sites is 1. The Balaban J connectivity index is 1.67. The molecule has 1 N–H and O–H groups in total. The normalized spacial score (nSPS) is 11.1. The minimum absolute atomic E-state index is 0.00402. The van der Waals surface area contributed by atoms with Crippen molar-refractivity contribution in [1.82, 2.24) is 0 Å².